The van der Waals surface area contributed by atoms with Gasteiger partial charge >= 0.3 is 0 Å². The third-order valence-corrected chi connectivity index (χ3v) is 3.11. The zero-order valence-electron chi connectivity index (χ0n) is 10.3. The molecular formula is C13H14ClFN2O. The summed E-state index contributed by atoms with van der Waals surface area (Å²) >= 11 is 6.12. The van der Waals surface area contributed by atoms with E-state index in [1.165, 1.54) is 12.1 Å². The number of benzene rings is 1. The first-order valence-corrected chi connectivity index (χ1v) is 6.29. The van der Waals surface area contributed by atoms with Crippen LogP contribution in [-0.2, 0) is 0 Å². The minimum atomic E-state index is -0.327. The van der Waals surface area contributed by atoms with E-state index in [0.717, 1.165) is 18.4 Å². The summed E-state index contributed by atoms with van der Waals surface area (Å²) in [5, 5.41) is 3.58. The average Bonchev–Trinajstić information content (AvgIpc) is 2.82. The van der Waals surface area contributed by atoms with E-state index in [1.807, 2.05) is 13.8 Å². The molecule has 5 heteroatoms. The summed E-state index contributed by atoms with van der Waals surface area (Å²) in [5.74, 6) is 0.437. The summed E-state index contributed by atoms with van der Waals surface area (Å²) < 4.78 is 18.3. The van der Waals surface area contributed by atoms with Crippen LogP contribution < -0.4 is 0 Å². The van der Waals surface area contributed by atoms with Crippen LogP contribution in [0.3, 0.4) is 0 Å². The molecule has 0 fully saturated rings. The van der Waals surface area contributed by atoms with Gasteiger partial charge in [-0.1, -0.05) is 24.6 Å². The van der Waals surface area contributed by atoms with Crippen molar-refractivity contribution in [1.29, 1.82) is 0 Å². The minimum absolute atomic E-state index is 0.263. The standard InChI is InChI=1S/C13H14ClFN2O/c1-3-4-11(14)12-16-13(18-17-12)10-7-9(15)6-5-8(10)2/h5-7,11H,3-4H2,1-2H3. The van der Waals surface area contributed by atoms with E-state index < -0.39 is 0 Å². The van der Waals surface area contributed by atoms with Crippen LogP contribution >= 0.6 is 11.6 Å². The molecule has 2 aromatic rings. The highest BCUT2D eigenvalue weighted by Crippen LogP contribution is 2.27. The Bertz CT molecular complexity index is 542. The molecule has 96 valence electrons. The first kappa shape index (κ1) is 13.0. The molecule has 3 nitrogen and oxygen atoms in total. The fourth-order valence-corrected chi connectivity index (χ4v) is 1.99. The van der Waals surface area contributed by atoms with Crippen molar-refractivity contribution in [3.8, 4) is 11.5 Å². The summed E-state index contributed by atoms with van der Waals surface area (Å²) in [7, 11) is 0. The van der Waals surface area contributed by atoms with Crippen molar-refractivity contribution in [1.82, 2.24) is 10.1 Å². The fraction of sp³-hybridized carbons (Fsp3) is 0.385. The van der Waals surface area contributed by atoms with Crippen LogP contribution in [0.1, 0.15) is 36.5 Å². The number of hydrogen-bond acceptors (Lipinski definition) is 3. The van der Waals surface area contributed by atoms with Gasteiger partial charge in [0.05, 0.1) is 5.38 Å². The molecule has 0 aliphatic heterocycles. The van der Waals surface area contributed by atoms with E-state index in [1.54, 1.807) is 6.07 Å². The maximum absolute atomic E-state index is 13.2. The number of aromatic nitrogens is 2. The van der Waals surface area contributed by atoms with Gasteiger partial charge in [-0.05, 0) is 31.0 Å². The van der Waals surface area contributed by atoms with E-state index >= 15 is 0 Å². The highest BCUT2D eigenvalue weighted by atomic mass is 35.5. The Balaban J connectivity index is 2.32. The van der Waals surface area contributed by atoms with Gasteiger partial charge in [0, 0.05) is 5.56 Å². The largest absolute Gasteiger partial charge is 0.334 e. The number of hydrogen-bond donors (Lipinski definition) is 0. The second-order valence-corrected chi connectivity index (χ2v) is 4.70. The van der Waals surface area contributed by atoms with E-state index in [4.69, 9.17) is 16.1 Å². The molecule has 0 bridgehead atoms. The van der Waals surface area contributed by atoms with E-state index in [2.05, 4.69) is 10.1 Å². The smallest absolute Gasteiger partial charge is 0.258 e. The molecule has 2 rings (SSSR count). The molecule has 1 aromatic carbocycles. The Morgan fingerprint density at radius 3 is 2.94 bits per heavy atom. The normalized spacial score (nSPS) is 12.7. The molecule has 0 aliphatic carbocycles. The zero-order chi connectivity index (χ0) is 13.1. The van der Waals surface area contributed by atoms with Gasteiger partial charge in [-0.2, -0.15) is 4.98 Å². The Hall–Kier alpha value is -1.42. The third-order valence-electron chi connectivity index (χ3n) is 2.69. The van der Waals surface area contributed by atoms with Crippen LogP contribution in [0.4, 0.5) is 4.39 Å². The lowest BCUT2D eigenvalue weighted by atomic mass is 10.1. The van der Waals surface area contributed by atoms with Gasteiger partial charge in [-0.3, -0.25) is 0 Å². The highest BCUT2D eigenvalue weighted by molar-refractivity contribution is 6.20. The van der Waals surface area contributed by atoms with E-state index in [9.17, 15) is 4.39 Å². The van der Waals surface area contributed by atoms with Crippen LogP contribution in [0, 0.1) is 12.7 Å². The molecule has 0 saturated carbocycles. The first-order chi connectivity index (χ1) is 8.61. The Morgan fingerprint density at radius 1 is 1.44 bits per heavy atom. The van der Waals surface area contributed by atoms with Crippen LogP contribution in [0.2, 0.25) is 0 Å². The van der Waals surface area contributed by atoms with Crippen molar-refractivity contribution >= 4 is 11.6 Å². The number of alkyl halides is 1. The van der Waals surface area contributed by atoms with Crippen LogP contribution in [-0.4, -0.2) is 10.1 Å². The maximum Gasteiger partial charge on any atom is 0.258 e. The predicted molar refractivity (Wildman–Crippen MR) is 67.9 cm³/mol. The van der Waals surface area contributed by atoms with Gasteiger partial charge in [-0.15, -0.1) is 11.6 Å². The average molecular weight is 269 g/mol. The summed E-state index contributed by atoms with van der Waals surface area (Å²) in [6.07, 6.45) is 1.72. The fourth-order valence-electron chi connectivity index (χ4n) is 1.68. The number of halogens is 2. The molecule has 1 aromatic heterocycles. The third kappa shape index (κ3) is 2.70. The van der Waals surface area contributed by atoms with Crippen LogP contribution in [0.5, 0.6) is 0 Å². The van der Waals surface area contributed by atoms with Gasteiger partial charge in [0.15, 0.2) is 5.82 Å². The molecule has 0 N–H and O–H groups in total. The van der Waals surface area contributed by atoms with Crippen molar-refractivity contribution in [3.63, 3.8) is 0 Å². The van der Waals surface area contributed by atoms with E-state index in [-0.39, 0.29) is 11.2 Å². The molecule has 0 radical (unpaired) electrons. The van der Waals surface area contributed by atoms with Gasteiger partial charge in [0.1, 0.15) is 5.82 Å². The number of rotatable bonds is 4. The lowest BCUT2D eigenvalue weighted by molar-refractivity contribution is 0.420. The second kappa shape index (κ2) is 5.48. The summed E-state index contributed by atoms with van der Waals surface area (Å²) in [5.41, 5.74) is 1.49. The van der Waals surface area contributed by atoms with Crippen molar-refractivity contribution < 1.29 is 8.91 Å². The number of aryl methyl sites for hydroxylation is 1. The van der Waals surface area contributed by atoms with Crippen molar-refractivity contribution in [2.24, 2.45) is 0 Å². The van der Waals surface area contributed by atoms with Crippen LogP contribution in [0.15, 0.2) is 22.7 Å². The second-order valence-electron chi connectivity index (χ2n) is 4.17. The van der Waals surface area contributed by atoms with Crippen molar-refractivity contribution in [2.75, 3.05) is 0 Å². The summed E-state index contributed by atoms with van der Waals surface area (Å²) in [6, 6.07) is 4.46. The lowest BCUT2D eigenvalue weighted by Gasteiger charge is -2.01. The first-order valence-electron chi connectivity index (χ1n) is 5.86. The number of nitrogens with zero attached hydrogens (tertiary/aromatic N) is 2. The zero-order valence-corrected chi connectivity index (χ0v) is 11.0. The van der Waals surface area contributed by atoms with Gasteiger partial charge < -0.3 is 4.52 Å². The van der Waals surface area contributed by atoms with E-state index in [0.29, 0.717) is 17.3 Å². The highest BCUT2D eigenvalue weighted by Gasteiger charge is 2.17. The maximum atomic E-state index is 13.2. The van der Waals surface area contributed by atoms with Gasteiger partial charge in [0.2, 0.25) is 0 Å². The molecule has 18 heavy (non-hydrogen) atoms. The van der Waals surface area contributed by atoms with Gasteiger partial charge in [-0.25, -0.2) is 4.39 Å². The molecule has 0 spiro atoms. The molecule has 1 unspecified atom stereocenters. The molecule has 1 heterocycles. The lowest BCUT2D eigenvalue weighted by Crippen LogP contribution is -1.93. The molecule has 0 saturated heterocycles. The summed E-state index contributed by atoms with van der Waals surface area (Å²) in [6.45, 7) is 3.90. The molecule has 0 aliphatic rings. The monoisotopic (exact) mass is 268 g/mol. The quantitative estimate of drug-likeness (QED) is 0.778. The molecular weight excluding hydrogens is 255 g/mol. The SMILES string of the molecule is CCCC(Cl)c1noc(-c2cc(F)ccc2C)n1. The predicted octanol–water partition coefficient (Wildman–Crippen LogP) is 4.26. The minimum Gasteiger partial charge on any atom is -0.334 e. The summed E-state index contributed by atoms with van der Waals surface area (Å²) in [4.78, 5) is 4.22. The Kier molecular flexibility index (Phi) is 3.97. The van der Waals surface area contributed by atoms with Crippen molar-refractivity contribution in [3.05, 3.63) is 35.4 Å². The topological polar surface area (TPSA) is 38.9 Å². The Morgan fingerprint density at radius 2 is 2.22 bits per heavy atom. The molecule has 0 amide bonds. The Labute approximate surface area is 110 Å². The van der Waals surface area contributed by atoms with Gasteiger partial charge in [0.25, 0.3) is 5.89 Å². The van der Waals surface area contributed by atoms with Crippen molar-refractivity contribution in [2.45, 2.75) is 32.1 Å². The van der Waals surface area contributed by atoms with Crippen LogP contribution in [0.25, 0.3) is 11.5 Å². The molecule has 1 atom stereocenters.